The fraction of sp³-hybridized carbons (Fsp3) is 0.250. The van der Waals surface area contributed by atoms with E-state index in [2.05, 4.69) is 18.4 Å². The van der Waals surface area contributed by atoms with Crippen LogP contribution in [0.2, 0.25) is 0 Å². The van der Waals surface area contributed by atoms with Gasteiger partial charge in [0, 0.05) is 4.90 Å². The summed E-state index contributed by atoms with van der Waals surface area (Å²) in [6, 6.07) is 13.9. The number of thioether (sulfide) groups is 1. The van der Waals surface area contributed by atoms with Crippen LogP contribution in [-0.4, -0.2) is 20.5 Å². The van der Waals surface area contributed by atoms with E-state index in [0.29, 0.717) is 11.5 Å². The summed E-state index contributed by atoms with van der Waals surface area (Å²) in [5, 5.41) is -0.210. The maximum Gasteiger partial charge on any atom is 0.161 e. The molecule has 2 aromatic rings. The molecule has 0 spiro atoms. The molecule has 0 aromatic heterocycles. The van der Waals surface area contributed by atoms with Crippen LogP contribution in [0, 0.1) is 0 Å². The van der Waals surface area contributed by atoms with Gasteiger partial charge < -0.3 is 9.47 Å². The molecule has 0 radical (unpaired) electrons. The third-order valence-corrected chi connectivity index (χ3v) is 4.41. The molecule has 0 aliphatic rings. The maximum absolute atomic E-state index is 6.63. The van der Waals surface area contributed by atoms with Gasteiger partial charge in [0.2, 0.25) is 0 Å². The molecule has 2 rings (SSSR count). The van der Waals surface area contributed by atoms with Gasteiger partial charge in [-0.2, -0.15) is 0 Å². The van der Waals surface area contributed by atoms with Gasteiger partial charge in [0.05, 0.1) is 19.6 Å². The zero-order chi connectivity index (χ0) is 14.5. The Balaban J connectivity index is 2.40. The molecule has 1 unspecified atom stereocenters. The molecule has 0 saturated carbocycles. The quantitative estimate of drug-likeness (QED) is 0.586. The Kier molecular flexibility index (Phi) is 5.21. The molecule has 0 fully saturated rings. The fourth-order valence-corrected chi connectivity index (χ4v) is 3.09. The van der Waals surface area contributed by atoms with E-state index >= 15 is 0 Å². The monoisotopic (exact) mass is 308 g/mol. The SMILES string of the molecule is COc1ccc(C(Cl)c2ccccc2SC)cc1OC. The molecule has 0 N–H and O–H groups in total. The van der Waals surface area contributed by atoms with Crippen LogP contribution in [0.3, 0.4) is 0 Å². The summed E-state index contributed by atoms with van der Waals surface area (Å²) in [6.45, 7) is 0. The minimum atomic E-state index is -0.210. The summed E-state index contributed by atoms with van der Waals surface area (Å²) < 4.78 is 10.6. The summed E-state index contributed by atoms with van der Waals surface area (Å²) in [4.78, 5) is 1.18. The molecule has 4 heteroatoms. The molecule has 106 valence electrons. The van der Waals surface area contributed by atoms with Crippen LogP contribution >= 0.6 is 23.4 Å². The lowest BCUT2D eigenvalue weighted by molar-refractivity contribution is 0.354. The summed E-state index contributed by atoms with van der Waals surface area (Å²) >= 11 is 8.33. The fourth-order valence-electron chi connectivity index (χ4n) is 2.07. The Bertz CT molecular complexity index is 586. The standard InChI is InChI=1S/C16H17ClO2S/c1-18-13-9-8-11(10-14(13)19-2)16(17)12-6-4-5-7-15(12)20-3/h4-10,16H,1-3H3. The van der Waals surface area contributed by atoms with Crippen LogP contribution in [0.15, 0.2) is 47.4 Å². The molecule has 0 heterocycles. The first-order valence-corrected chi connectivity index (χ1v) is 7.86. The van der Waals surface area contributed by atoms with E-state index in [0.717, 1.165) is 11.1 Å². The van der Waals surface area contributed by atoms with Gasteiger partial charge in [-0.05, 0) is 35.6 Å². The van der Waals surface area contributed by atoms with Crippen molar-refractivity contribution in [3.8, 4) is 11.5 Å². The molecular weight excluding hydrogens is 292 g/mol. The molecule has 2 aromatic carbocycles. The molecule has 0 bridgehead atoms. The van der Waals surface area contributed by atoms with Crippen molar-refractivity contribution in [1.29, 1.82) is 0 Å². The van der Waals surface area contributed by atoms with Gasteiger partial charge in [0.25, 0.3) is 0 Å². The normalized spacial score (nSPS) is 12.0. The molecule has 0 aliphatic carbocycles. The third kappa shape index (κ3) is 3.05. The average Bonchev–Trinajstić information content (AvgIpc) is 2.53. The van der Waals surface area contributed by atoms with E-state index in [4.69, 9.17) is 21.1 Å². The van der Waals surface area contributed by atoms with Gasteiger partial charge in [0.1, 0.15) is 0 Å². The highest BCUT2D eigenvalue weighted by Gasteiger charge is 2.16. The number of hydrogen-bond acceptors (Lipinski definition) is 3. The number of methoxy groups -OCH3 is 2. The first kappa shape index (κ1) is 15.1. The molecular formula is C16H17ClO2S. The van der Waals surface area contributed by atoms with Crippen molar-refractivity contribution in [1.82, 2.24) is 0 Å². The second kappa shape index (κ2) is 6.91. The largest absolute Gasteiger partial charge is 0.493 e. The lowest BCUT2D eigenvalue weighted by Gasteiger charge is -2.16. The highest BCUT2D eigenvalue weighted by molar-refractivity contribution is 7.98. The van der Waals surface area contributed by atoms with Crippen molar-refractivity contribution in [2.75, 3.05) is 20.5 Å². The van der Waals surface area contributed by atoms with Crippen molar-refractivity contribution >= 4 is 23.4 Å². The van der Waals surface area contributed by atoms with Crippen LogP contribution in [0.4, 0.5) is 0 Å². The van der Waals surface area contributed by atoms with Crippen LogP contribution in [0.25, 0.3) is 0 Å². The van der Waals surface area contributed by atoms with Crippen LogP contribution in [0.1, 0.15) is 16.5 Å². The molecule has 2 nitrogen and oxygen atoms in total. The Morgan fingerprint density at radius 2 is 1.70 bits per heavy atom. The number of alkyl halides is 1. The molecule has 20 heavy (non-hydrogen) atoms. The lowest BCUT2D eigenvalue weighted by Crippen LogP contribution is -1.98. The zero-order valence-corrected chi connectivity index (χ0v) is 13.3. The maximum atomic E-state index is 6.63. The Hall–Kier alpha value is -1.32. The van der Waals surface area contributed by atoms with Crippen molar-refractivity contribution in [2.45, 2.75) is 10.3 Å². The third-order valence-electron chi connectivity index (χ3n) is 3.11. The van der Waals surface area contributed by atoms with Crippen LogP contribution in [-0.2, 0) is 0 Å². The summed E-state index contributed by atoms with van der Waals surface area (Å²) in [7, 11) is 3.25. The van der Waals surface area contributed by atoms with E-state index in [-0.39, 0.29) is 5.38 Å². The Labute approximate surface area is 129 Å². The molecule has 1 atom stereocenters. The van der Waals surface area contributed by atoms with Crippen LogP contribution < -0.4 is 9.47 Å². The Morgan fingerprint density at radius 3 is 2.35 bits per heavy atom. The number of benzene rings is 2. The van der Waals surface area contributed by atoms with E-state index < -0.39 is 0 Å². The lowest BCUT2D eigenvalue weighted by atomic mass is 10.0. The minimum absolute atomic E-state index is 0.210. The molecule has 0 saturated heterocycles. The number of halogens is 1. The van der Waals surface area contributed by atoms with Gasteiger partial charge in [-0.15, -0.1) is 23.4 Å². The van der Waals surface area contributed by atoms with Crippen molar-refractivity contribution < 1.29 is 9.47 Å². The second-order valence-corrected chi connectivity index (χ2v) is 5.50. The highest BCUT2D eigenvalue weighted by Crippen LogP contribution is 2.38. The number of hydrogen-bond donors (Lipinski definition) is 0. The van der Waals surface area contributed by atoms with Crippen LogP contribution in [0.5, 0.6) is 11.5 Å². The molecule has 0 amide bonds. The average molecular weight is 309 g/mol. The topological polar surface area (TPSA) is 18.5 Å². The number of rotatable bonds is 5. The highest BCUT2D eigenvalue weighted by atomic mass is 35.5. The smallest absolute Gasteiger partial charge is 0.161 e. The van der Waals surface area contributed by atoms with Gasteiger partial charge >= 0.3 is 0 Å². The molecule has 0 aliphatic heterocycles. The van der Waals surface area contributed by atoms with E-state index in [1.807, 2.05) is 30.3 Å². The van der Waals surface area contributed by atoms with E-state index in [1.165, 1.54) is 4.90 Å². The van der Waals surface area contributed by atoms with E-state index in [9.17, 15) is 0 Å². The van der Waals surface area contributed by atoms with Crippen molar-refractivity contribution in [3.63, 3.8) is 0 Å². The van der Waals surface area contributed by atoms with Gasteiger partial charge in [-0.1, -0.05) is 24.3 Å². The predicted octanol–water partition coefficient (Wildman–Crippen LogP) is 4.75. The van der Waals surface area contributed by atoms with E-state index in [1.54, 1.807) is 26.0 Å². The van der Waals surface area contributed by atoms with Gasteiger partial charge in [0.15, 0.2) is 11.5 Å². The van der Waals surface area contributed by atoms with Gasteiger partial charge in [-0.3, -0.25) is 0 Å². The predicted molar refractivity (Wildman–Crippen MR) is 85.5 cm³/mol. The van der Waals surface area contributed by atoms with Crippen molar-refractivity contribution in [2.24, 2.45) is 0 Å². The summed E-state index contributed by atoms with van der Waals surface area (Å²) in [5.41, 5.74) is 2.10. The zero-order valence-electron chi connectivity index (χ0n) is 11.7. The van der Waals surface area contributed by atoms with Gasteiger partial charge in [-0.25, -0.2) is 0 Å². The minimum Gasteiger partial charge on any atom is -0.493 e. The summed E-state index contributed by atoms with van der Waals surface area (Å²) in [5.74, 6) is 1.40. The second-order valence-electron chi connectivity index (χ2n) is 4.22. The van der Waals surface area contributed by atoms with Crippen molar-refractivity contribution in [3.05, 3.63) is 53.6 Å². The summed E-state index contributed by atoms with van der Waals surface area (Å²) in [6.07, 6.45) is 2.05. The first-order valence-electron chi connectivity index (χ1n) is 6.20. The number of ether oxygens (including phenoxy) is 2. The first-order chi connectivity index (χ1) is 9.71. The Morgan fingerprint density at radius 1 is 1.00 bits per heavy atom.